The third-order valence-corrected chi connectivity index (χ3v) is 2.46. The van der Waals surface area contributed by atoms with Crippen LogP contribution in [0.5, 0.6) is 0 Å². The number of rotatable bonds is 3. The van der Waals surface area contributed by atoms with Crippen LogP contribution in [0.1, 0.15) is 15.9 Å². The van der Waals surface area contributed by atoms with Gasteiger partial charge in [-0.25, -0.2) is 0 Å². The van der Waals surface area contributed by atoms with Crippen molar-refractivity contribution in [2.75, 3.05) is 18.9 Å². The number of anilines is 1. The Morgan fingerprint density at radius 3 is 3.07 bits per heavy atom. The number of nitrogens with one attached hydrogen (secondary N) is 1. The van der Waals surface area contributed by atoms with Crippen molar-refractivity contribution < 1.29 is 9.53 Å². The quantitative estimate of drug-likeness (QED) is 0.565. The third-order valence-electron chi connectivity index (χ3n) is 2.46. The summed E-state index contributed by atoms with van der Waals surface area (Å²) in [7, 11) is 0. The van der Waals surface area contributed by atoms with Gasteiger partial charge in [-0.15, -0.1) is 0 Å². The molecular weight excluding hydrogens is 192 g/mol. The number of benzene rings is 1. The topological polar surface area (TPSA) is 67.7 Å². The van der Waals surface area contributed by atoms with Crippen molar-refractivity contribution in [3.8, 4) is 0 Å². The molecule has 15 heavy (non-hydrogen) atoms. The molecular formula is C11H14N2O2. The van der Waals surface area contributed by atoms with Gasteiger partial charge in [0, 0.05) is 12.2 Å². The molecule has 0 spiro atoms. The van der Waals surface area contributed by atoms with Gasteiger partial charge in [0.2, 0.25) is 0 Å². The van der Waals surface area contributed by atoms with Crippen molar-refractivity contribution in [1.82, 2.24) is 5.32 Å². The second kappa shape index (κ2) is 3.90. The number of aryl methyl sites for hydroxylation is 1. The normalized spacial score (nSPS) is 18.6. The number of hydrogen-bond acceptors (Lipinski definition) is 3. The average molecular weight is 206 g/mol. The molecule has 0 aromatic heterocycles. The van der Waals surface area contributed by atoms with E-state index in [2.05, 4.69) is 5.32 Å². The van der Waals surface area contributed by atoms with Gasteiger partial charge in [-0.2, -0.15) is 0 Å². The summed E-state index contributed by atoms with van der Waals surface area (Å²) in [5, 5.41) is 2.78. The predicted molar refractivity (Wildman–Crippen MR) is 57.7 cm³/mol. The number of epoxide rings is 1. The Morgan fingerprint density at radius 2 is 2.40 bits per heavy atom. The van der Waals surface area contributed by atoms with Crippen LogP contribution in [0.15, 0.2) is 18.2 Å². The molecule has 1 aromatic rings. The van der Waals surface area contributed by atoms with Crippen LogP contribution >= 0.6 is 0 Å². The summed E-state index contributed by atoms with van der Waals surface area (Å²) in [5.41, 5.74) is 7.82. The zero-order chi connectivity index (χ0) is 10.8. The number of amides is 1. The van der Waals surface area contributed by atoms with Crippen molar-refractivity contribution in [2.45, 2.75) is 13.0 Å². The first kappa shape index (κ1) is 9.98. The van der Waals surface area contributed by atoms with Gasteiger partial charge in [0.15, 0.2) is 0 Å². The van der Waals surface area contributed by atoms with E-state index in [0.29, 0.717) is 17.8 Å². The summed E-state index contributed by atoms with van der Waals surface area (Å²) in [6, 6.07) is 5.44. The van der Waals surface area contributed by atoms with Crippen LogP contribution in [-0.4, -0.2) is 25.2 Å². The smallest absolute Gasteiger partial charge is 0.253 e. The molecule has 80 valence electrons. The second-order valence-corrected chi connectivity index (χ2v) is 3.70. The summed E-state index contributed by atoms with van der Waals surface area (Å²) in [6.07, 6.45) is 0.194. The molecule has 0 aliphatic carbocycles. The molecule has 2 rings (SSSR count). The molecule has 1 heterocycles. The minimum Gasteiger partial charge on any atom is -0.398 e. The number of carbonyl (C=O) groups excluding carboxylic acids is 1. The van der Waals surface area contributed by atoms with Gasteiger partial charge in [-0.3, -0.25) is 4.79 Å². The average Bonchev–Trinajstić information content (AvgIpc) is 3.02. The maximum atomic E-state index is 11.7. The number of para-hydroxylation sites is 1. The first-order valence-electron chi connectivity index (χ1n) is 4.93. The lowest BCUT2D eigenvalue weighted by Gasteiger charge is -2.08. The Bertz CT molecular complexity index is 386. The van der Waals surface area contributed by atoms with Crippen LogP contribution in [0, 0.1) is 6.92 Å². The highest BCUT2D eigenvalue weighted by molar-refractivity contribution is 5.99. The summed E-state index contributed by atoms with van der Waals surface area (Å²) >= 11 is 0. The highest BCUT2D eigenvalue weighted by atomic mass is 16.6. The maximum absolute atomic E-state index is 11.7. The lowest BCUT2D eigenvalue weighted by atomic mass is 10.1. The van der Waals surface area contributed by atoms with Crippen LogP contribution in [0.3, 0.4) is 0 Å². The molecule has 4 heteroatoms. The number of hydrogen-bond donors (Lipinski definition) is 2. The van der Waals surface area contributed by atoms with E-state index >= 15 is 0 Å². The van der Waals surface area contributed by atoms with Crippen LogP contribution in [0.25, 0.3) is 0 Å². The van der Waals surface area contributed by atoms with E-state index in [1.807, 2.05) is 19.1 Å². The minimum atomic E-state index is -0.133. The second-order valence-electron chi connectivity index (χ2n) is 3.70. The fourth-order valence-corrected chi connectivity index (χ4v) is 1.37. The van der Waals surface area contributed by atoms with Crippen molar-refractivity contribution in [3.05, 3.63) is 29.3 Å². The zero-order valence-electron chi connectivity index (χ0n) is 8.62. The van der Waals surface area contributed by atoms with Gasteiger partial charge in [0.05, 0.1) is 18.3 Å². The predicted octanol–water partition coefficient (Wildman–Crippen LogP) is 0.706. The Balaban J connectivity index is 2.06. The first-order valence-corrected chi connectivity index (χ1v) is 4.93. The van der Waals surface area contributed by atoms with Crippen LogP contribution in [0.2, 0.25) is 0 Å². The van der Waals surface area contributed by atoms with E-state index in [1.165, 1.54) is 0 Å². The molecule has 3 N–H and O–H groups in total. The van der Waals surface area contributed by atoms with Gasteiger partial charge >= 0.3 is 0 Å². The molecule has 4 nitrogen and oxygen atoms in total. The zero-order valence-corrected chi connectivity index (χ0v) is 8.62. The van der Waals surface area contributed by atoms with Gasteiger partial charge in [-0.05, 0) is 18.6 Å². The van der Waals surface area contributed by atoms with Crippen molar-refractivity contribution in [3.63, 3.8) is 0 Å². The molecule has 1 aromatic carbocycles. The molecule has 0 saturated carbocycles. The van der Waals surface area contributed by atoms with Crippen LogP contribution in [0.4, 0.5) is 5.69 Å². The monoisotopic (exact) mass is 206 g/mol. The summed E-state index contributed by atoms with van der Waals surface area (Å²) in [4.78, 5) is 11.7. The highest BCUT2D eigenvalue weighted by Crippen LogP contribution is 2.16. The summed E-state index contributed by atoms with van der Waals surface area (Å²) in [6.45, 7) is 3.19. The molecule has 0 radical (unpaired) electrons. The maximum Gasteiger partial charge on any atom is 0.253 e. The molecule has 1 unspecified atom stereocenters. The number of nitrogen functional groups attached to an aromatic ring is 1. The van der Waals surface area contributed by atoms with Crippen LogP contribution < -0.4 is 11.1 Å². The largest absolute Gasteiger partial charge is 0.398 e. The summed E-state index contributed by atoms with van der Waals surface area (Å²) in [5.74, 6) is -0.133. The number of nitrogens with two attached hydrogens (primary N) is 1. The lowest BCUT2D eigenvalue weighted by molar-refractivity contribution is 0.0951. The van der Waals surface area contributed by atoms with Crippen molar-refractivity contribution in [2.24, 2.45) is 0 Å². The Kier molecular flexibility index (Phi) is 2.60. The molecule has 1 amide bonds. The number of ether oxygens (including phenoxy) is 1. The summed E-state index contributed by atoms with van der Waals surface area (Å²) < 4.78 is 5.00. The Morgan fingerprint density at radius 1 is 1.67 bits per heavy atom. The lowest BCUT2D eigenvalue weighted by Crippen LogP contribution is -2.28. The standard InChI is InChI=1S/C11H14N2O2/c1-7-3-2-4-9(10(7)12)11(14)13-5-8-6-15-8/h2-4,8H,5-6,12H2,1H3,(H,13,14). The Hall–Kier alpha value is -1.55. The van der Waals surface area contributed by atoms with Crippen molar-refractivity contribution in [1.29, 1.82) is 0 Å². The molecule has 1 saturated heterocycles. The minimum absolute atomic E-state index is 0.133. The van der Waals surface area contributed by atoms with Gasteiger partial charge in [0.1, 0.15) is 0 Å². The molecule has 1 atom stereocenters. The molecule has 0 bridgehead atoms. The van der Waals surface area contributed by atoms with E-state index in [0.717, 1.165) is 12.2 Å². The SMILES string of the molecule is Cc1cccc(C(=O)NCC2CO2)c1N. The Labute approximate surface area is 88.4 Å². The van der Waals surface area contributed by atoms with Crippen LogP contribution in [-0.2, 0) is 4.74 Å². The van der Waals surface area contributed by atoms with E-state index in [1.54, 1.807) is 6.07 Å². The third kappa shape index (κ3) is 2.27. The fraction of sp³-hybridized carbons (Fsp3) is 0.364. The van der Waals surface area contributed by atoms with Gasteiger partial charge < -0.3 is 15.8 Å². The molecule has 1 fully saturated rings. The number of carbonyl (C=O) groups is 1. The van der Waals surface area contributed by atoms with Crippen molar-refractivity contribution >= 4 is 11.6 Å². The van der Waals surface area contributed by atoms with E-state index in [4.69, 9.17) is 10.5 Å². The van der Waals surface area contributed by atoms with E-state index in [9.17, 15) is 4.79 Å². The fourth-order valence-electron chi connectivity index (χ4n) is 1.37. The molecule has 1 aliphatic rings. The van der Waals surface area contributed by atoms with Gasteiger partial charge in [-0.1, -0.05) is 12.1 Å². The van der Waals surface area contributed by atoms with E-state index < -0.39 is 0 Å². The molecule has 1 aliphatic heterocycles. The van der Waals surface area contributed by atoms with Gasteiger partial charge in [0.25, 0.3) is 5.91 Å². The first-order chi connectivity index (χ1) is 7.18. The highest BCUT2D eigenvalue weighted by Gasteiger charge is 2.23. The van der Waals surface area contributed by atoms with E-state index in [-0.39, 0.29) is 12.0 Å².